The van der Waals surface area contributed by atoms with Gasteiger partial charge in [0.1, 0.15) is 6.10 Å². The van der Waals surface area contributed by atoms with Crippen molar-refractivity contribution in [3.63, 3.8) is 0 Å². The normalized spacial score (nSPS) is 23.1. The molecule has 0 aromatic rings. The fourth-order valence-electron chi connectivity index (χ4n) is 2.01. The average Bonchev–Trinajstić information content (AvgIpc) is 2.26. The molecule has 8 heteroatoms. The molecule has 0 aromatic heterocycles. The number of nitrogens with zero attached hydrogens (tertiary/aromatic N) is 1. The van der Waals surface area contributed by atoms with Crippen molar-refractivity contribution in [1.82, 2.24) is 5.32 Å². The van der Waals surface area contributed by atoms with E-state index in [4.69, 9.17) is 5.11 Å². The summed E-state index contributed by atoms with van der Waals surface area (Å²) >= 11 is 0. The van der Waals surface area contributed by atoms with E-state index < -0.39 is 17.2 Å². The van der Waals surface area contributed by atoms with E-state index in [1.54, 1.807) is 0 Å². The highest BCUT2D eigenvalue weighted by Gasteiger charge is 2.25. The number of carboxylic acids is 1. The van der Waals surface area contributed by atoms with E-state index in [9.17, 15) is 19.7 Å². The zero-order valence-electron chi connectivity index (χ0n) is 9.83. The molecule has 8 nitrogen and oxygen atoms in total. The van der Waals surface area contributed by atoms with Crippen LogP contribution in [0.25, 0.3) is 0 Å². The summed E-state index contributed by atoms with van der Waals surface area (Å²) < 4.78 is 0. The average molecular weight is 260 g/mol. The number of aliphatic carboxylic acids is 1. The van der Waals surface area contributed by atoms with E-state index in [1.807, 2.05) is 0 Å². The molecular weight excluding hydrogens is 244 g/mol. The number of hydrogen-bond acceptors (Lipinski definition) is 5. The van der Waals surface area contributed by atoms with Crippen LogP contribution >= 0.6 is 0 Å². The van der Waals surface area contributed by atoms with Crippen LogP contribution in [0.3, 0.4) is 0 Å². The minimum Gasteiger partial charge on any atom is -0.481 e. The van der Waals surface area contributed by atoms with Gasteiger partial charge in [0.25, 0.3) is 5.09 Å². The Morgan fingerprint density at radius 3 is 2.72 bits per heavy atom. The van der Waals surface area contributed by atoms with Crippen LogP contribution in [0.4, 0.5) is 0 Å². The third-order valence-corrected chi connectivity index (χ3v) is 2.79. The number of rotatable bonds is 6. The lowest BCUT2D eigenvalue weighted by Gasteiger charge is -2.28. The highest BCUT2D eigenvalue weighted by atomic mass is 17.0. The summed E-state index contributed by atoms with van der Waals surface area (Å²) in [6.07, 6.45) is 1.68. The molecule has 0 saturated heterocycles. The molecular formula is C10H16N2O6. The minimum absolute atomic E-state index is 0.0768. The summed E-state index contributed by atoms with van der Waals surface area (Å²) in [5, 5.41) is 20.5. The van der Waals surface area contributed by atoms with Gasteiger partial charge in [-0.3, -0.25) is 9.59 Å². The summed E-state index contributed by atoms with van der Waals surface area (Å²) in [4.78, 5) is 36.4. The molecule has 1 fully saturated rings. The molecule has 0 bridgehead atoms. The molecule has 1 rings (SSSR count). The summed E-state index contributed by atoms with van der Waals surface area (Å²) in [5.74, 6) is -1.37. The Bertz CT molecular complexity index is 332. The van der Waals surface area contributed by atoms with Crippen LogP contribution in [0.1, 0.15) is 38.5 Å². The Kier molecular flexibility index (Phi) is 5.34. The fraction of sp³-hybridized carbons (Fsp3) is 0.800. The first-order valence-corrected chi connectivity index (χ1v) is 5.79. The molecule has 2 N–H and O–H groups in total. The quantitative estimate of drug-likeness (QED) is 0.529. The Hall–Kier alpha value is -1.86. The van der Waals surface area contributed by atoms with Crippen molar-refractivity contribution in [2.45, 2.75) is 50.7 Å². The molecule has 1 saturated carbocycles. The lowest BCUT2D eigenvalue weighted by atomic mass is 9.93. The maximum absolute atomic E-state index is 11.4. The van der Waals surface area contributed by atoms with Gasteiger partial charge in [-0.15, -0.1) is 10.1 Å². The molecule has 0 spiro atoms. The summed E-state index contributed by atoms with van der Waals surface area (Å²) in [5.41, 5.74) is 0. The first-order chi connectivity index (χ1) is 8.47. The van der Waals surface area contributed by atoms with Gasteiger partial charge in [-0.05, 0) is 25.7 Å². The van der Waals surface area contributed by atoms with Crippen molar-refractivity contribution in [1.29, 1.82) is 0 Å². The predicted octanol–water partition coefficient (Wildman–Crippen LogP) is 0.487. The second-order valence-electron chi connectivity index (χ2n) is 4.28. The number of nitrogens with one attached hydrogen (secondary N) is 1. The van der Waals surface area contributed by atoms with Crippen molar-refractivity contribution in [3.05, 3.63) is 10.1 Å². The van der Waals surface area contributed by atoms with Crippen molar-refractivity contribution >= 4 is 11.9 Å². The van der Waals surface area contributed by atoms with Crippen LogP contribution < -0.4 is 5.32 Å². The van der Waals surface area contributed by atoms with Crippen LogP contribution in [0.2, 0.25) is 0 Å². The second kappa shape index (κ2) is 6.77. The molecule has 0 unspecified atom stereocenters. The first kappa shape index (κ1) is 14.2. The largest absolute Gasteiger partial charge is 0.481 e. The maximum atomic E-state index is 11.4. The zero-order chi connectivity index (χ0) is 13.5. The molecule has 1 amide bonds. The number of carbonyl (C=O) groups is 2. The lowest BCUT2D eigenvalue weighted by Crippen LogP contribution is -2.41. The van der Waals surface area contributed by atoms with Crippen LogP contribution in [-0.2, 0) is 14.4 Å². The van der Waals surface area contributed by atoms with Crippen molar-refractivity contribution < 1.29 is 24.6 Å². The number of carbonyl (C=O) groups excluding carboxylic acids is 1. The van der Waals surface area contributed by atoms with Crippen LogP contribution in [-0.4, -0.2) is 34.2 Å². The van der Waals surface area contributed by atoms with Gasteiger partial charge in [0.2, 0.25) is 5.91 Å². The van der Waals surface area contributed by atoms with E-state index >= 15 is 0 Å². The molecule has 0 radical (unpaired) electrons. The van der Waals surface area contributed by atoms with E-state index in [1.165, 1.54) is 0 Å². The highest BCUT2D eigenvalue weighted by Crippen LogP contribution is 2.21. The molecule has 1 aliphatic rings. The number of carboxylic acid groups (broad SMARTS) is 1. The Labute approximate surface area is 103 Å². The van der Waals surface area contributed by atoms with Gasteiger partial charge in [-0.25, -0.2) is 0 Å². The Morgan fingerprint density at radius 2 is 2.11 bits per heavy atom. The molecule has 102 valence electrons. The summed E-state index contributed by atoms with van der Waals surface area (Å²) in [6.45, 7) is 0. The predicted molar refractivity (Wildman–Crippen MR) is 59.1 cm³/mol. The third-order valence-electron chi connectivity index (χ3n) is 2.79. The molecule has 0 heterocycles. The standard InChI is InChI=1S/C10H16N2O6/c13-9(4-5-10(14)15)11-7-2-1-3-8(6-7)18-12(16)17/h7-8H,1-6H2,(H,11,13)(H,14,15)/t7-,8+/m0/s1. The molecule has 0 aliphatic heterocycles. The molecule has 18 heavy (non-hydrogen) atoms. The van der Waals surface area contributed by atoms with Crippen molar-refractivity contribution in [2.24, 2.45) is 0 Å². The van der Waals surface area contributed by atoms with Gasteiger partial charge in [-0.1, -0.05) is 0 Å². The van der Waals surface area contributed by atoms with Crippen molar-refractivity contribution in [2.75, 3.05) is 0 Å². The fourth-order valence-corrected chi connectivity index (χ4v) is 2.01. The van der Waals surface area contributed by atoms with Gasteiger partial charge in [-0.2, -0.15) is 0 Å². The SMILES string of the molecule is O=C(O)CCC(=O)N[C@H]1CCC[C@@H](O[N+](=O)[O-])C1. The van der Waals surface area contributed by atoms with Crippen LogP contribution in [0.15, 0.2) is 0 Å². The number of hydrogen-bond donors (Lipinski definition) is 2. The van der Waals surface area contributed by atoms with E-state index in [-0.39, 0.29) is 24.8 Å². The maximum Gasteiger partial charge on any atom is 0.303 e. The van der Waals surface area contributed by atoms with E-state index in [2.05, 4.69) is 10.2 Å². The second-order valence-corrected chi connectivity index (χ2v) is 4.28. The Morgan fingerprint density at radius 1 is 1.39 bits per heavy atom. The van der Waals surface area contributed by atoms with Gasteiger partial charge < -0.3 is 15.3 Å². The van der Waals surface area contributed by atoms with Gasteiger partial charge in [0.15, 0.2) is 0 Å². The lowest BCUT2D eigenvalue weighted by molar-refractivity contribution is -0.769. The molecule has 1 aliphatic carbocycles. The smallest absolute Gasteiger partial charge is 0.303 e. The van der Waals surface area contributed by atoms with Gasteiger partial charge >= 0.3 is 5.97 Å². The van der Waals surface area contributed by atoms with Crippen LogP contribution in [0, 0.1) is 10.1 Å². The van der Waals surface area contributed by atoms with Crippen molar-refractivity contribution in [3.8, 4) is 0 Å². The highest BCUT2D eigenvalue weighted by molar-refractivity contribution is 5.80. The minimum atomic E-state index is -1.02. The Balaban J connectivity index is 2.31. The third kappa shape index (κ3) is 5.46. The van der Waals surface area contributed by atoms with Gasteiger partial charge in [0.05, 0.1) is 6.42 Å². The summed E-state index contributed by atoms with van der Waals surface area (Å²) in [7, 11) is 0. The van der Waals surface area contributed by atoms with E-state index in [0.29, 0.717) is 12.8 Å². The summed E-state index contributed by atoms with van der Waals surface area (Å²) in [6, 6.07) is -0.176. The topological polar surface area (TPSA) is 119 Å². The number of amides is 1. The zero-order valence-corrected chi connectivity index (χ0v) is 9.83. The molecule has 2 atom stereocenters. The monoisotopic (exact) mass is 260 g/mol. The molecule has 0 aromatic carbocycles. The van der Waals surface area contributed by atoms with Gasteiger partial charge in [0, 0.05) is 12.5 Å². The first-order valence-electron chi connectivity index (χ1n) is 5.79. The van der Waals surface area contributed by atoms with E-state index in [0.717, 1.165) is 12.8 Å². The van der Waals surface area contributed by atoms with Crippen LogP contribution in [0.5, 0.6) is 0 Å².